The third-order valence-electron chi connectivity index (χ3n) is 3.28. The van der Waals surface area contributed by atoms with E-state index in [0.29, 0.717) is 12.3 Å². The lowest BCUT2D eigenvalue weighted by Gasteiger charge is -2.23. The summed E-state index contributed by atoms with van der Waals surface area (Å²) >= 11 is 0. The van der Waals surface area contributed by atoms with Crippen LogP contribution in [0.15, 0.2) is 18.5 Å². The molecule has 0 unspecified atom stereocenters. The number of nitrogens with zero attached hydrogens (tertiary/aromatic N) is 4. The van der Waals surface area contributed by atoms with Gasteiger partial charge in [-0.3, -0.25) is 4.79 Å². The van der Waals surface area contributed by atoms with Gasteiger partial charge in [0.15, 0.2) is 0 Å². The first-order valence-electron chi connectivity index (χ1n) is 6.70. The molecular formula is C12H17N6O2+. The quantitative estimate of drug-likeness (QED) is 0.660. The lowest BCUT2D eigenvalue weighted by atomic mass is 10.4. The van der Waals surface area contributed by atoms with Gasteiger partial charge in [-0.15, -0.1) is 5.10 Å². The Bertz CT molecular complexity index is 559. The molecule has 2 N–H and O–H groups in total. The molecule has 8 nitrogen and oxygen atoms in total. The van der Waals surface area contributed by atoms with Gasteiger partial charge in [-0.2, -0.15) is 4.98 Å². The molecule has 20 heavy (non-hydrogen) atoms. The Kier molecular flexibility index (Phi) is 3.84. The SMILES string of the molecule is O=C(NCC[NH+]1CCOCC1)c1nc2ncccn2n1. The number of nitrogens with one attached hydrogen (secondary N) is 2. The van der Waals surface area contributed by atoms with E-state index in [1.807, 2.05) is 0 Å². The fourth-order valence-electron chi connectivity index (χ4n) is 2.17. The number of quaternary nitrogens is 1. The highest BCUT2D eigenvalue weighted by molar-refractivity contribution is 5.90. The summed E-state index contributed by atoms with van der Waals surface area (Å²) < 4.78 is 6.78. The zero-order valence-electron chi connectivity index (χ0n) is 11.1. The topological polar surface area (TPSA) is 85.8 Å². The third kappa shape index (κ3) is 2.91. The van der Waals surface area contributed by atoms with Crippen molar-refractivity contribution in [3.63, 3.8) is 0 Å². The average Bonchev–Trinajstić information content (AvgIpc) is 2.92. The largest absolute Gasteiger partial charge is 0.370 e. The first kappa shape index (κ1) is 12.9. The molecule has 2 aromatic heterocycles. The lowest BCUT2D eigenvalue weighted by molar-refractivity contribution is -0.906. The van der Waals surface area contributed by atoms with E-state index in [-0.39, 0.29) is 11.7 Å². The maximum absolute atomic E-state index is 11.9. The summed E-state index contributed by atoms with van der Waals surface area (Å²) in [6, 6.07) is 1.74. The molecule has 0 atom stereocenters. The van der Waals surface area contributed by atoms with E-state index in [9.17, 15) is 4.79 Å². The van der Waals surface area contributed by atoms with Crippen LogP contribution in [0, 0.1) is 0 Å². The molecule has 0 aromatic carbocycles. The van der Waals surface area contributed by atoms with Crippen molar-refractivity contribution in [1.29, 1.82) is 0 Å². The van der Waals surface area contributed by atoms with Crippen molar-refractivity contribution in [3.05, 3.63) is 24.3 Å². The van der Waals surface area contributed by atoms with Crippen LogP contribution >= 0.6 is 0 Å². The molecule has 2 aromatic rings. The van der Waals surface area contributed by atoms with Gasteiger partial charge < -0.3 is 15.0 Å². The molecule has 0 spiro atoms. The van der Waals surface area contributed by atoms with Crippen LogP contribution in [0.5, 0.6) is 0 Å². The van der Waals surface area contributed by atoms with E-state index in [2.05, 4.69) is 20.4 Å². The third-order valence-corrected chi connectivity index (χ3v) is 3.28. The van der Waals surface area contributed by atoms with Gasteiger partial charge in [-0.25, -0.2) is 9.50 Å². The van der Waals surface area contributed by atoms with Gasteiger partial charge in [-0.05, 0) is 6.07 Å². The molecule has 0 bridgehead atoms. The summed E-state index contributed by atoms with van der Waals surface area (Å²) in [5.41, 5.74) is 0. The summed E-state index contributed by atoms with van der Waals surface area (Å²) in [6.45, 7) is 5.07. The highest BCUT2D eigenvalue weighted by Crippen LogP contribution is 1.96. The molecular weight excluding hydrogens is 260 g/mol. The summed E-state index contributed by atoms with van der Waals surface area (Å²) in [5.74, 6) is 0.320. The standard InChI is InChI=1S/C12H16N6O2/c19-11(13-3-5-17-6-8-20-9-7-17)10-15-12-14-2-1-4-18(12)16-10/h1-2,4H,3,5-9H2,(H,13,19)/p+1. The maximum atomic E-state index is 11.9. The lowest BCUT2D eigenvalue weighted by Crippen LogP contribution is -3.14. The number of hydrogen-bond donors (Lipinski definition) is 2. The molecule has 1 amide bonds. The first-order chi connectivity index (χ1) is 9.83. The summed E-state index contributed by atoms with van der Waals surface area (Å²) in [4.78, 5) is 21.5. The molecule has 106 valence electrons. The Morgan fingerprint density at radius 1 is 1.45 bits per heavy atom. The fraction of sp³-hybridized carbons (Fsp3) is 0.500. The number of morpholine rings is 1. The number of carbonyl (C=O) groups is 1. The van der Waals surface area contributed by atoms with E-state index >= 15 is 0 Å². The second-order valence-electron chi connectivity index (χ2n) is 4.67. The Morgan fingerprint density at radius 2 is 2.30 bits per heavy atom. The van der Waals surface area contributed by atoms with Gasteiger partial charge in [0, 0.05) is 12.4 Å². The van der Waals surface area contributed by atoms with Gasteiger partial charge in [0.25, 0.3) is 11.7 Å². The van der Waals surface area contributed by atoms with Crippen LogP contribution in [0.4, 0.5) is 0 Å². The molecule has 1 aliphatic heterocycles. The summed E-state index contributed by atoms with van der Waals surface area (Å²) in [6.07, 6.45) is 3.33. The van der Waals surface area contributed by atoms with Gasteiger partial charge >= 0.3 is 0 Å². The van der Waals surface area contributed by atoms with Crippen LogP contribution in [0.1, 0.15) is 10.6 Å². The number of fused-ring (bicyclic) bond motifs is 1. The number of ether oxygens (including phenoxy) is 1. The molecule has 0 aliphatic carbocycles. The minimum atomic E-state index is -0.261. The summed E-state index contributed by atoms with van der Waals surface area (Å²) in [5, 5.41) is 6.92. The molecule has 1 saturated heterocycles. The Balaban J connectivity index is 1.53. The fourth-order valence-corrected chi connectivity index (χ4v) is 2.17. The van der Waals surface area contributed by atoms with Crippen LogP contribution in [0.25, 0.3) is 5.78 Å². The molecule has 1 fully saturated rings. The Morgan fingerprint density at radius 3 is 3.10 bits per heavy atom. The zero-order valence-corrected chi connectivity index (χ0v) is 11.1. The Labute approximate surface area is 115 Å². The number of hydrogen-bond acceptors (Lipinski definition) is 5. The molecule has 1 aliphatic rings. The Hall–Kier alpha value is -2.06. The number of aromatic nitrogens is 4. The average molecular weight is 277 g/mol. The molecule has 3 rings (SSSR count). The maximum Gasteiger partial charge on any atom is 0.291 e. The van der Waals surface area contributed by atoms with Crippen molar-refractivity contribution in [3.8, 4) is 0 Å². The van der Waals surface area contributed by atoms with E-state index in [1.54, 1.807) is 18.5 Å². The predicted molar refractivity (Wildman–Crippen MR) is 69.5 cm³/mol. The molecule has 3 heterocycles. The van der Waals surface area contributed by atoms with E-state index < -0.39 is 0 Å². The minimum absolute atomic E-state index is 0.153. The summed E-state index contributed by atoms with van der Waals surface area (Å²) in [7, 11) is 0. The van der Waals surface area contributed by atoms with E-state index in [0.717, 1.165) is 32.8 Å². The van der Waals surface area contributed by atoms with Crippen LogP contribution < -0.4 is 10.2 Å². The zero-order chi connectivity index (χ0) is 13.8. The molecule has 0 radical (unpaired) electrons. The van der Waals surface area contributed by atoms with Gasteiger partial charge in [0.1, 0.15) is 13.1 Å². The van der Waals surface area contributed by atoms with Crippen molar-refractivity contribution >= 4 is 11.7 Å². The van der Waals surface area contributed by atoms with Crippen LogP contribution in [0.3, 0.4) is 0 Å². The second kappa shape index (κ2) is 5.93. The number of rotatable bonds is 4. The molecule has 8 heteroatoms. The van der Waals surface area contributed by atoms with E-state index in [1.165, 1.54) is 9.42 Å². The second-order valence-corrected chi connectivity index (χ2v) is 4.67. The monoisotopic (exact) mass is 277 g/mol. The van der Waals surface area contributed by atoms with Gasteiger partial charge in [0.05, 0.1) is 26.3 Å². The molecule has 0 saturated carbocycles. The normalized spacial score (nSPS) is 16.4. The van der Waals surface area contributed by atoms with E-state index in [4.69, 9.17) is 4.74 Å². The van der Waals surface area contributed by atoms with Crippen molar-refractivity contribution in [2.24, 2.45) is 0 Å². The van der Waals surface area contributed by atoms with Crippen molar-refractivity contribution in [2.75, 3.05) is 39.4 Å². The van der Waals surface area contributed by atoms with Gasteiger partial charge in [0.2, 0.25) is 5.82 Å². The van der Waals surface area contributed by atoms with Gasteiger partial charge in [-0.1, -0.05) is 0 Å². The minimum Gasteiger partial charge on any atom is -0.370 e. The van der Waals surface area contributed by atoms with Crippen LogP contribution in [0.2, 0.25) is 0 Å². The van der Waals surface area contributed by atoms with Crippen molar-refractivity contribution < 1.29 is 14.4 Å². The van der Waals surface area contributed by atoms with Crippen LogP contribution in [-0.2, 0) is 4.74 Å². The highest BCUT2D eigenvalue weighted by atomic mass is 16.5. The number of amides is 1. The van der Waals surface area contributed by atoms with Crippen molar-refractivity contribution in [2.45, 2.75) is 0 Å². The number of carbonyl (C=O) groups excluding carboxylic acids is 1. The highest BCUT2D eigenvalue weighted by Gasteiger charge is 2.16. The van der Waals surface area contributed by atoms with Crippen molar-refractivity contribution in [1.82, 2.24) is 24.9 Å². The van der Waals surface area contributed by atoms with Crippen LogP contribution in [-0.4, -0.2) is 64.9 Å². The first-order valence-corrected chi connectivity index (χ1v) is 6.70. The predicted octanol–water partition coefficient (Wildman–Crippen LogP) is -2.23. The smallest absolute Gasteiger partial charge is 0.291 e.